The van der Waals surface area contributed by atoms with Crippen LogP contribution in [0.25, 0.3) is 0 Å². The van der Waals surface area contributed by atoms with Crippen molar-refractivity contribution in [2.24, 2.45) is 13.0 Å². The third kappa shape index (κ3) is 2.66. The monoisotopic (exact) mass is 349 g/mol. The van der Waals surface area contributed by atoms with E-state index in [0.29, 0.717) is 17.8 Å². The van der Waals surface area contributed by atoms with Crippen molar-refractivity contribution in [3.63, 3.8) is 0 Å². The first-order chi connectivity index (χ1) is 11.3. The molecule has 1 atom stereocenters. The fourth-order valence-electron chi connectivity index (χ4n) is 3.00. The van der Waals surface area contributed by atoms with Crippen LogP contribution in [0.1, 0.15) is 17.7 Å². The first-order valence-corrected chi connectivity index (χ1v) is 9.08. The second kappa shape index (κ2) is 5.94. The van der Waals surface area contributed by atoms with E-state index in [2.05, 4.69) is 5.10 Å². The van der Waals surface area contributed by atoms with E-state index >= 15 is 0 Å². The number of nitrogens with zero attached hydrogens (tertiary/aromatic N) is 3. The largest absolute Gasteiger partial charge is 0.481 e. The van der Waals surface area contributed by atoms with Crippen LogP contribution in [0.4, 0.5) is 5.69 Å². The summed E-state index contributed by atoms with van der Waals surface area (Å²) in [5, 5.41) is 13.4. The van der Waals surface area contributed by atoms with Crippen LogP contribution in [0.5, 0.6) is 0 Å². The summed E-state index contributed by atoms with van der Waals surface area (Å²) >= 11 is 0. The topological polar surface area (TPSA) is 92.5 Å². The lowest BCUT2D eigenvalue weighted by Gasteiger charge is -2.24. The van der Waals surface area contributed by atoms with Gasteiger partial charge in [-0.2, -0.15) is 5.10 Å². The summed E-state index contributed by atoms with van der Waals surface area (Å²) in [6.45, 7) is 1.83. The number of rotatable bonds is 3. The zero-order chi connectivity index (χ0) is 17.5. The minimum Gasteiger partial charge on any atom is -0.481 e. The summed E-state index contributed by atoms with van der Waals surface area (Å²) in [6, 6.07) is 7.07. The number of carboxylic acids is 1. The average Bonchev–Trinajstić information content (AvgIpc) is 2.77. The third-order valence-electron chi connectivity index (χ3n) is 4.51. The number of aliphatic carboxylic acids is 1. The van der Waals surface area contributed by atoms with Crippen molar-refractivity contribution in [1.29, 1.82) is 0 Å². The van der Waals surface area contributed by atoms with Gasteiger partial charge in [-0.25, -0.2) is 8.42 Å². The van der Waals surface area contributed by atoms with Crippen molar-refractivity contribution >= 4 is 21.7 Å². The highest BCUT2D eigenvalue weighted by molar-refractivity contribution is 7.92. The van der Waals surface area contributed by atoms with Crippen LogP contribution in [0.3, 0.4) is 0 Å². The Morgan fingerprint density at radius 2 is 2.04 bits per heavy atom. The molecule has 0 aliphatic carbocycles. The molecule has 8 heteroatoms. The van der Waals surface area contributed by atoms with E-state index in [0.717, 1.165) is 5.56 Å². The van der Waals surface area contributed by atoms with Gasteiger partial charge >= 0.3 is 5.97 Å². The number of anilines is 1. The molecule has 0 amide bonds. The summed E-state index contributed by atoms with van der Waals surface area (Å²) in [4.78, 5) is 11.6. The number of sulfonamides is 1. The molecular weight excluding hydrogens is 330 g/mol. The standard InChI is InChI=1S/C16H19N3O4S/c1-11-15(10-17-18(11)2)24(22,23)19-8-7-13(16(20)21)9-12-5-3-4-6-14(12)19/h3-6,10,13H,7-9H2,1-2H3,(H,20,21). The van der Waals surface area contributed by atoms with E-state index in [-0.39, 0.29) is 17.9 Å². The number of benzene rings is 1. The Morgan fingerprint density at radius 1 is 1.33 bits per heavy atom. The number of aryl methyl sites for hydroxylation is 1. The van der Waals surface area contributed by atoms with Gasteiger partial charge in [0.2, 0.25) is 0 Å². The molecule has 1 N–H and O–H groups in total. The van der Waals surface area contributed by atoms with Crippen LogP contribution in [-0.4, -0.2) is 35.8 Å². The van der Waals surface area contributed by atoms with E-state index in [1.54, 1.807) is 38.2 Å². The molecular formula is C16H19N3O4S. The molecule has 2 aromatic rings. The van der Waals surface area contributed by atoms with E-state index in [1.807, 2.05) is 0 Å². The summed E-state index contributed by atoms with van der Waals surface area (Å²) in [7, 11) is -2.11. The molecule has 0 bridgehead atoms. The number of aromatic nitrogens is 2. The van der Waals surface area contributed by atoms with Crippen LogP contribution in [0, 0.1) is 12.8 Å². The summed E-state index contributed by atoms with van der Waals surface area (Å²) < 4.78 is 29.1. The van der Waals surface area contributed by atoms with Gasteiger partial charge < -0.3 is 5.11 Å². The molecule has 7 nitrogen and oxygen atoms in total. The molecule has 1 unspecified atom stereocenters. The predicted octanol–water partition coefficient (Wildman–Crippen LogP) is 1.57. The maximum atomic E-state index is 13.1. The van der Waals surface area contributed by atoms with Crippen molar-refractivity contribution in [1.82, 2.24) is 9.78 Å². The summed E-state index contributed by atoms with van der Waals surface area (Å²) in [5.41, 5.74) is 1.82. The van der Waals surface area contributed by atoms with E-state index in [4.69, 9.17) is 0 Å². The zero-order valence-electron chi connectivity index (χ0n) is 13.5. The smallest absolute Gasteiger partial charge is 0.306 e. The van der Waals surface area contributed by atoms with Crippen molar-refractivity contribution in [2.75, 3.05) is 10.8 Å². The Hall–Kier alpha value is -2.35. The predicted molar refractivity (Wildman–Crippen MR) is 88.4 cm³/mol. The lowest BCUT2D eigenvalue weighted by Crippen LogP contribution is -2.33. The maximum absolute atomic E-state index is 13.1. The van der Waals surface area contributed by atoms with Crippen molar-refractivity contribution in [2.45, 2.75) is 24.7 Å². The van der Waals surface area contributed by atoms with Gasteiger partial charge in [-0.15, -0.1) is 0 Å². The van der Waals surface area contributed by atoms with Crippen LogP contribution in [0.15, 0.2) is 35.4 Å². The molecule has 1 aliphatic rings. The lowest BCUT2D eigenvalue weighted by atomic mass is 9.97. The number of carbonyl (C=O) groups is 1. The van der Waals surface area contributed by atoms with Gasteiger partial charge in [0.1, 0.15) is 4.90 Å². The third-order valence-corrected chi connectivity index (χ3v) is 6.43. The fraction of sp³-hybridized carbons (Fsp3) is 0.375. The molecule has 24 heavy (non-hydrogen) atoms. The van der Waals surface area contributed by atoms with Gasteiger partial charge in [0.15, 0.2) is 0 Å². The Bertz CT molecular complexity index is 888. The Morgan fingerprint density at radius 3 is 2.67 bits per heavy atom. The van der Waals surface area contributed by atoms with Crippen LogP contribution < -0.4 is 4.31 Å². The van der Waals surface area contributed by atoms with Crippen LogP contribution >= 0.6 is 0 Å². The SMILES string of the molecule is Cc1c(S(=O)(=O)N2CCC(C(=O)O)Cc3ccccc32)cnn1C. The minimum absolute atomic E-state index is 0.130. The Labute approximate surface area is 140 Å². The second-order valence-corrected chi connectivity index (χ2v) is 7.78. The molecule has 2 heterocycles. The lowest BCUT2D eigenvalue weighted by molar-refractivity contribution is -0.141. The van der Waals surface area contributed by atoms with Crippen LogP contribution in [0.2, 0.25) is 0 Å². The highest BCUT2D eigenvalue weighted by Crippen LogP contribution is 2.33. The number of fused-ring (bicyclic) bond motifs is 1. The van der Waals surface area contributed by atoms with Gasteiger partial charge in [-0.05, 0) is 31.4 Å². The molecule has 1 aromatic heterocycles. The fourth-order valence-corrected chi connectivity index (χ4v) is 4.70. The van der Waals surface area contributed by atoms with Crippen molar-refractivity contribution in [3.8, 4) is 0 Å². The Kier molecular flexibility index (Phi) is 4.08. The van der Waals surface area contributed by atoms with Gasteiger partial charge in [0, 0.05) is 13.6 Å². The number of hydrogen-bond donors (Lipinski definition) is 1. The first-order valence-electron chi connectivity index (χ1n) is 7.64. The van der Waals surface area contributed by atoms with Gasteiger partial charge in [0.05, 0.1) is 23.5 Å². The van der Waals surface area contributed by atoms with E-state index in [9.17, 15) is 18.3 Å². The number of carboxylic acid groups (broad SMARTS) is 1. The van der Waals surface area contributed by atoms with Gasteiger partial charge in [-0.1, -0.05) is 18.2 Å². The maximum Gasteiger partial charge on any atom is 0.306 e. The molecule has 0 radical (unpaired) electrons. The molecule has 3 rings (SSSR count). The molecule has 1 aliphatic heterocycles. The Balaban J connectivity index is 2.11. The molecule has 128 valence electrons. The molecule has 1 aromatic carbocycles. The van der Waals surface area contributed by atoms with E-state index < -0.39 is 21.9 Å². The van der Waals surface area contributed by atoms with Gasteiger partial charge in [0.25, 0.3) is 10.0 Å². The van der Waals surface area contributed by atoms with Gasteiger partial charge in [-0.3, -0.25) is 13.8 Å². The summed E-state index contributed by atoms with van der Waals surface area (Å²) in [5.74, 6) is -1.50. The summed E-state index contributed by atoms with van der Waals surface area (Å²) in [6.07, 6.45) is 1.93. The normalized spacial score (nSPS) is 18.1. The van der Waals surface area contributed by atoms with Crippen molar-refractivity contribution in [3.05, 3.63) is 41.7 Å². The minimum atomic E-state index is -3.80. The molecule has 0 saturated carbocycles. The number of hydrogen-bond acceptors (Lipinski definition) is 4. The average molecular weight is 349 g/mol. The van der Waals surface area contributed by atoms with Crippen molar-refractivity contribution < 1.29 is 18.3 Å². The zero-order valence-corrected chi connectivity index (χ0v) is 14.3. The molecule has 0 fully saturated rings. The van der Waals surface area contributed by atoms with Crippen LogP contribution in [-0.2, 0) is 28.3 Å². The number of para-hydroxylation sites is 1. The first kappa shape index (κ1) is 16.5. The highest BCUT2D eigenvalue weighted by atomic mass is 32.2. The molecule has 0 spiro atoms. The molecule has 0 saturated heterocycles. The highest BCUT2D eigenvalue weighted by Gasteiger charge is 2.34. The second-order valence-electron chi connectivity index (χ2n) is 5.95. The quantitative estimate of drug-likeness (QED) is 0.908. The van der Waals surface area contributed by atoms with E-state index in [1.165, 1.54) is 15.2 Å².